The van der Waals surface area contributed by atoms with Crippen LogP contribution in [0.3, 0.4) is 0 Å². The summed E-state index contributed by atoms with van der Waals surface area (Å²) in [6.07, 6.45) is -10.3. The molecule has 1 aromatic rings. The number of benzene rings is 1. The Balaban J connectivity index is 3.29. The minimum Gasteiger partial charge on any atom is -0.224 e. The first-order chi connectivity index (χ1) is 13.5. The van der Waals surface area contributed by atoms with Gasteiger partial charge in [0.15, 0.2) is 9.84 Å². The fraction of sp³-hybridized carbons (Fsp3) is 0.600. The molecule has 0 aromatic heterocycles. The van der Waals surface area contributed by atoms with Crippen LogP contribution in [0.2, 0.25) is 0 Å². The molecule has 0 aliphatic heterocycles. The average molecular weight is 502 g/mol. The van der Waals surface area contributed by atoms with E-state index in [2.05, 4.69) is 0 Å². The molecule has 0 bridgehead atoms. The van der Waals surface area contributed by atoms with Gasteiger partial charge in [0.2, 0.25) is 0 Å². The van der Waals surface area contributed by atoms with Gasteiger partial charge in [-0.15, -0.1) is 0 Å². The van der Waals surface area contributed by atoms with E-state index in [1.807, 2.05) is 0 Å². The molecule has 0 atom stereocenters. The van der Waals surface area contributed by atoms with Crippen molar-refractivity contribution in [2.24, 2.45) is 0 Å². The van der Waals surface area contributed by atoms with Gasteiger partial charge < -0.3 is 0 Å². The van der Waals surface area contributed by atoms with Crippen LogP contribution in [0.15, 0.2) is 29.2 Å². The van der Waals surface area contributed by atoms with Crippen molar-refractivity contribution >= 4 is 9.84 Å². The van der Waals surface area contributed by atoms with E-state index < -0.39 is 62.7 Å². The lowest BCUT2D eigenvalue weighted by molar-refractivity contribution is -0.439. The standard InChI is InChI=1S/C15H11F13O2S/c1-8-2-4-9(5-3-8)31(29,30)7-6-10(16,17)11(18,19)12(20,21)13(22,23)14(24,25)15(26,27)28/h2-5H,6-7H2,1H3. The summed E-state index contributed by atoms with van der Waals surface area (Å²) in [4.78, 5) is -0.752. The van der Waals surface area contributed by atoms with Crippen LogP contribution >= 0.6 is 0 Å². The van der Waals surface area contributed by atoms with Crippen molar-refractivity contribution in [2.45, 2.75) is 54.0 Å². The topological polar surface area (TPSA) is 34.1 Å². The Labute approximate surface area is 165 Å². The molecular weight excluding hydrogens is 491 g/mol. The lowest BCUT2D eigenvalue weighted by Gasteiger charge is -2.39. The van der Waals surface area contributed by atoms with Gasteiger partial charge in [0.25, 0.3) is 0 Å². The van der Waals surface area contributed by atoms with Crippen molar-refractivity contribution in [3.63, 3.8) is 0 Å². The van der Waals surface area contributed by atoms with Gasteiger partial charge in [-0.2, -0.15) is 57.1 Å². The first-order valence-corrected chi connectivity index (χ1v) is 9.36. The number of hydrogen-bond donors (Lipinski definition) is 0. The molecule has 0 aliphatic carbocycles. The van der Waals surface area contributed by atoms with Crippen molar-refractivity contribution in [3.8, 4) is 0 Å². The molecule has 0 saturated carbocycles. The third-order valence-corrected chi connectivity index (χ3v) is 5.80. The maximum Gasteiger partial charge on any atom is 0.460 e. The fourth-order valence-corrected chi connectivity index (χ4v) is 3.40. The summed E-state index contributed by atoms with van der Waals surface area (Å²) in [5.41, 5.74) is 0.461. The van der Waals surface area contributed by atoms with Gasteiger partial charge in [-0.1, -0.05) is 17.7 Å². The molecule has 0 fully saturated rings. The van der Waals surface area contributed by atoms with Gasteiger partial charge in [0.1, 0.15) is 0 Å². The van der Waals surface area contributed by atoms with Gasteiger partial charge in [0.05, 0.1) is 10.6 Å². The average Bonchev–Trinajstić information content (AvgIpc) is 2.59. The number of rotatable bonds is 8. The second-order valence-corrected chi connectivity index (χ2v) is 8.49. The summed E-state index contributed by atoms with van der Waals surface area (Å²) < 4.78 is 193. The summed E-state index contributed by atoms with van der Waals surface area (Å²) in [7, 11) is -4.88. The van der Waals surface area contributed by atoms with Crippen molar-refractivity contribution < 1.29 is 65.5 Å². The quantitative estimate of drug-likeness (QED) is 0.415. The van der Waals surface area contributed by atoms with Crippen LogP contribution < -0.4 is 0 Å². The van der Waals surface area contributed by atoms with Gasteiger partial charge in [0, 0.05) is 6.42 Å². The molecule has 0 radical (unpaired) electrons. The molecule has 0 unspecified atom stereocenters. The SMILES string of the molecule is Cc1ccc(S(=O)(=O)CCC(F)(F)C(F)(F)C(F)(F)C(F)(F)C(F)(F)C(F)(F)F)cc1. The van der Waals surface area contributed by atoms with E-state index in [1.165, 1.54) is 6.92 Å². The van der Waals surface area contributed by atoms with Crippen LogP contribution in [-0.4, -0.2) is 50.0 Å². The van der Waals surface area contributed by atoms with Gasteiger partial charge >= 0.3 is 35.8 Å². The van der Waals surface area contributed by atoms with E-state index in [4.69, 9.17) is 0 Å². The highest BCUT2D eigenvalue weighted by Crippen LogP contribution is 2.60. The molecule has 31 heavy (non-hydrogen) atoms. The molecule has 1 rings (SSSR count). The van der Waals surface area contributed by atoms with Crippen LogP contribution in [0, 0.1) is 6.92 Å². The zero-order valence-electron chi connectivity index (χ0n) is 14.9. The normalized spacial score (nSPS) is 15.3. The zero-order chi connectivity index (χ0) is 24.9. The van der Waals surface area contributed by atoms with Gasteiger partial charge in [-0.25, -0.2) is 8.42 Å². The van der Waals surface area contributed by atoms with Gasteiger partial charge in [-0.3, -0.25) is 0 Å². The first kappa shape index (κ1) is 27.3. The van der Waals surface area contributed by atoms with Gasteiger partial charge in [-0.05, 0) is 19.1 Å². The highest BCUT2D eigenvalue weighted by molar-refractivity contribution is 7.91. The van der Waals surface area contributed by atoms with Crippen LogP contribution in [0.5, 0.6) is 0 Å². The molecule has 0 saturated heterocycles. The number of alkyl halides is 13. The third-order valence-electron chi connectivity index (χ3n) is 4.06. The summed E-state index contributed by atoms with van der Waals surface area (Å²) >= 11 is 0. The number of sulfone groups is 1. The van der Waals surface area contributed by atoms with E-state index >= 15 is 0 Å². The molecule has 0 N–H and O–H groups in total. The highest BCUT2D eigenvalue weighted by Gasteiger charge is 2.90. The minimum absolute atomic E-state index is 0.461. The predicted molar refractivity (Wildman–Crippen MR) is 78.6 cm³/mol. The van der Waals surface area contributed by atoms with E-state index in [0.717, 1.165) is 24.3 Å². The monoisotopic (exact) mass is 502 g/mol. The maximum absolute atomic E-state index is 13.7. The molecule has 0 aliphatic rings. The number of halogens is 13. The van der Waals surface area contributed by atoms with Crippen LogP contribution in [0.4, 0.5) is 57.1 Å². The van der Waals surface area contributed by atoms with E-state index in [-0.39, 0.29) is 0 Å². The van der Waals surface area contributed by atoms with Crippen molar-refractivity contribution in [2.75, 3.05) is 5.75 Å². The summed E-state index contributed by atoms with van der Waals surface area (Å²) in [5, 5.41) is 0. The Morgan fingerprint density at radius 3 is 1.42 bits per heavy atom. The van der Waals surface area contributed by atoms with Crippen molar-refractivity contribution in [1.82, 2.24) is 0 Å². The van der Waals surface area contributed by atoms with Crippen LogP contribution in [0.25, 0.3) is 0 Å². The second kappa shape index (κ2) is 7.69. The molecule has 0 spiro atoms. The summed E-state index contributed by atoms with van der Waals surface area (Å²) in [6.45, 7) is 1.46. The fourth-order valence-electron chi connectivity index (χ4n) is 2.09. The van der Waals surface area contributed by atoms with E-state index in [1.54, 1.807) is 0 Å². The summed E-state index contributed by atoms with van der Waals surface area (Å²) in [6, 6.07) is 3.89. The summed E-state index contributed by atoms with van der Waals surface area (Å²) in [5.74, 6) is -39.7. The van der Waals surface area contributed by atoms with E-state index in [9.17, 15) is 65.5 Å². The molecule has 1 aromatic carbocycles. The second-order valence-electron chi connectivity index (χ2n) is 6.38. The first-order valence-electron chi connectivity index (χ1n) is 7.71. The van der Waals surface area contributed by atoms with E-state index in [0.29, 0.717) is 5.56 Å². The Morgan fingerprint density at radius 1 is 0.645 bits per heavy atom. The maximum atomic E-state index is 13.7. The van der Waals surface area contributed by atoms with Crippen molar-refractivity contribution in [1.29, 1.82) is 0 Å². The Hall–Kier alpha value is -1.74. The number of hydrogen-bond acceptors (Lipinski definition) is 2. The zero-order valence-corrected chi connectivity index (χ0v) is 15.7. The Kier molecular flexibility index (Phi) is 6.77. The molecule has 0 amide bonds. The Bertz CT molecular complexity index is 886. The molecular formula is C15H11F13O2S. The molecule has 2 nitrogen and oxygen atoms in total. The lowest BCUT2D eigenvalue weighted by atomic mass is 9.93. The smallest absolute Gasteiger partial charge is 0.224 e. The highest BCUT2D eigenvalue weighted by atomic mass is 32.2. The molecule has 0 heterocycles. The molecule has 180 valence electrons. The largest absolute Gasteiger partial charge is 0.460 e. The minimum atomic E-state index is -8.01. The van der Waals surface area contributed by atoms with Crippen LogP contribution in [0.1, 0.15) is 12.0 Å². The third kappa shape index (κ3) is 4.44. The number of aryl methyl sites for hydroxylation is 1. The lowest BCUT2D eigenvalue weighted by Crippen LogP contribution is -2.70. The molecule has 16 heteroatoms. The van der Waals surface area contributed by atoms with Crippen molar-refractivity contribution in [3.05, 3.63) is 29.8 Å². The van der Waals surface area contributed by atoms with Crippen LogP contribution in [-0.2, 0) is 9.84 Å². The Morgan fingerprint density at radius 2 is 1.03 bits per heavy atom. The predicted octanol–water partition coefficient (Wildman–Crippen LogP) is 5.90.